The molecule has 40 heavy (non-hydrogen) atoms. The molecule has 9 nitrogen and oxygen atoms in total. The van der Waals surface area contributed by atoms with E-state index in [1.165, 1.54) is 12.8 Å². The summed E-state index contributed by atoms with van der Waals surface area (Å²) in [6.07, 6.45) is 7.14. The molecule has 4 aromatic heterocycles. The number of carbonyl (C=O) groups excluding carboxylic acids is 2. The van der Waals surface area contributed by atoms with Gasteiger partial charge in [-0.2, -0.15) is 5.10 Å². The van der Waals surface area contributed by atoms with Gasteiger partial charge in [0.25, 0.3) is 5.91 Å². The number of halogens is 1. The summed E-state index contributed by atoms with van der Waals surface area (Å²) in [7, 11) is 0. The van der Waals surface area contributed by atoms with Gasteiger partial charge in [-0.1, -0.05) is 11.6 Å². The van der Waals surface area contributed by atoms with Crippen molar-refractivity contribution in [3.8, 4) is 11.4 Å². The van der Waals surface area contributed by atoms with Crippen molar-refractivity contribution in [1.29, 1.82) is 0 Å². The van der Waals surface area contributed by atoms with Gasteiger partial charge in [0.1, 0.15) is 11.3 Å². The fourth-order valence-corrected chi connectivity index (χ4v) is 5.86. The van der Waals surface area contributed by atoms with Crippen LogP contribution in [0.3, 0.4) is 0 Å². The maximum atomic E-state index is 13.5. The summed E-state index contributed by atoms with van der Waals surface area (Å²) < 4.78 is 9.46. The topological polar surface area (TPSA) is 93.8 Å². The number of alkyl carbamates (subject to hydrolysis) is 1. The van der Waals surface area contributed by atoms with Crippen LogP contribution >= 0.6 is 11.6 Å². The predicted molar refractivity (Wildman–Crippen MR) is 155 cm³/mol. The molecule has 0 radical (unpaired) electrons. The molecule has 10 heteroatoms. The van der Waals surface area contributed by atoms with Crippen molar-refractivity contribution in [2.24, 2.45) is 5.92 Å². The van der Waals surface area contributed by atoms with Crippen LogP contribution in [-0.2, 0) is 11.3 Å². The number of nitrogens with zero attached hydrogens (tertiary/aromatic N) is 5. The van der Waals surface area contributed by atoms with E-state index in [0.29, 0.717) is 29.7 Å². The van der Waals surface area contributed by atoms with Crippen molar-refractivity contribution < 1.29 is 14.3 Å². The zero-order chi connectivity index (χ0) is 28.2. The molecule has 6 rings (SSSR count). The number of hydrogen-bond donors (Lipinski definition) is 1. The summed E-state index contributed by atoms with van der Waals surface area (Å²) in [5.74, 6) is 0.568. The lowest BCUT2D eigenvalue weighted by Gasteiger charge is -2.33. The van der Waals surface area contributed by atoms with Crippen LogP contribution in [0.2, 0.25) is 5.15 Å². The first kappa shape index (κ1) is 26.6. The van der Waals surface area contributed by atoms with Crippen LogP contribution in [0.25, 0.3) is 27.8 Å². The van der Waals surface area contributed by atoms with E-state index in [2.05, 4.69) is 27.9 Å². The first-order chi connectivity index (χ1) is 19.1. The highest BCUT2D eigenvalue weighted by molar-refractivity contribution is 6.34. The van der Waals surface area contributed by atoms with Gasteiger partial charge < -0.3 is 19.5 Å². The van der Waals surface area contributed by atoms with Crippen molar-refractivity contribution in [2.75, 3.05) is 13.1 Å². The van der Waals surface area contributed by atoms with Crippen molar-refractivity contribution >= 4 is 40.0 Å². The fourth-order valence-electron chi connectivity index (χ4n) is 5.60. The van der Waals surface area contributed by atoms with Gasteiger partial charge in [0, 0.05) is 49.0 Å². The molecule has 210 valence electrons. The van der Waals surface area contributed by atoms with Crippen molar-refractivity contribution in [1.82, 2.24) is 29.4 Å². The Kier molecular flexibility index (Phi) is 6.73. The van der Waals surface area contributed by atoms with E-state index in [-0.39, 0.29) is 11.9 Å². The number of fused-ring (bicyclic) bond motifs is 2. The summed E-state index contributed by atoms with van der Waals surface area (Å²) in [6, 6.07) is 7.80. The number of pyridine rings is 2. The van der Waals surface area contributed by atoms with E-state index in [4.69, 9.17) is 21.4 Å². The fraction of sp³-hybridized carbons (Fsp3) is 0.467. The second-order valence-electron chi connectivity index (χ2n) is 12.1. The van der Waals surface area contributed by atoms with Crippen LogP contribution in [0.1, 0.15) is 62.4 Å². The zero-order valence-corrected chi connectivity index (χ0v) is 24.2. The Hall–Kier alpha value is -3.59. The molecule has 5 heterocycles. The van der Waals surface area contributed by atoms with E-state index in [1.807, 2.05) is 45.2 Å². The maximum absolute atomic E-state index is 13.5. The molecular formula is C30H35ClN6O3. The number of piperidine rings is 1. The molecule has 1 saturated carbocycles. The number of ether oxygens (including phenoxy) is 1. The summed E-state index contributed by atoms with van der Waals surface area (Å²) in [5, 5.41) is 9.42. The maximum Gasteiger partial charge on any atom is 0.407 e. The van der Waals surface area contributed by atoms with Gasteiger partial charge in [0.05, 0.1) is 22.3 Å². The van der Waals surface area contributed by atoms with Crippen LogP contribution in [0, 0.1) is 12.8 Å². The highest BCUT2D eigenvalue weighted by atomic mass is 35.5. The van der Waals surface area contributed by atoms with E-state index >= 15 is 0 Å². The van der Waals surface area contributed by atoms with Gasteiger partial charge in [-0.3, -0.25) is 4.79 Å². The minimum absolute atomic E-state index is 0.0759. The Labute approximate surface area is 238 Å². The lowest BCUT2D eigenvalue weighted by molar-refractivity contribution is 0.0452. The van der Waals surface area contributed by atoms with Gasteiger partial charge in [-0.15, -0.1) is 0 Å². The number of nitrogens with one attached hydrogen (secondary N) is 1. The normalized spacial score (nSPS) is 17.9. The molecule has 2 aliphatic rings. The number of aromatic nitrogens is 4. The number of hydrogen-bond acceptors (Lipinski definition) is 5. The first-order valence-corrected chi connectivity index (χ1v) is 14.4. The Morgan fingerprint density at radius 1 is 1.18 bits per heavy atom. The largest absolute Gasteiger partial charge is 0.444 e. The molecule has 1 unspecified atom stereocenters. The highest BCUT2D eigenvalue weighted by Gasteiger charge is 2.29. The number of rotatable bonds is 5. The second-order valence-corrected chi connectivity index (χ2v) is 12.4. The number of carbonyl (C=O) groups is 2. The first-order valence-electron chi connectivity index (χ1n) is 14.0. The van der Waals surface area contributed by atoms with Crippen LogP contribution in [-0.4, -0.2) is 60.8 Å². The standard InChI is InChI=1S/C30H35ClN6O3/c1-18-23-10-9-21(28(38)35-13-5-6-22(17-35)33-29(39)40-30(2,3)4)16-37(23)34-25(18)24-14-20-11-12-32-27(31)26(20)36(24)15-19-7-8-19/h9-12,14,16,19,22H,5-8,13,15,17H2,1-4H3,(H,33,39). The van der Waals surface area contributed by atoms with Gasteiger partial charge in [0.15, 0.2) is 5.15 Å². The second kappa shape index (κ2) is 10.1. The molecule has 1 atom stereocenters. The quantitative estimate of drug-likeness (QED) is 0.308. The molecular weight excluding hydrogens is 528 g/mol. The van der Waals surface area contributed by atoms with Crippen LogP contribution in [0.5, 0.6) is 0 Å². The third-order valence-corrected chi connectivity index (χ3v) is 7.97. The van der Waals surface area contributed by atoms with Crippen LogP contribution < -0.4 is 5.32 Å². The molecule has 4 aromatic rings. The number of aryl methyl sites for hydroxylation is 1. The van der Waals surface area contributed by atoms with Gasteiger partial charge in [-0.25, -0.2) is 14.3 Å². The molecule has 1 N–H and O–H groups in total. The van der Waals surface area contributed by atoms with Crippen LogP contribution in [0.4, 0.5) is 4.79 Å². The van der Waals surface area contributed by atoms with E-state index in [9.17, 15) is 9.59 Å². The van der Waals surface area contributed by atoms with Gasteiger partial charge in [0.2, 0.25) is 0 Å². The average molecular weight is 563 g/mol. The minimum Gasteiger partial charge on any atom is -0.444 e. The smallest absolute Gasteiger partial charge is 0.407 e. The summed E-state index contributed by atoms with van der Waals surface area (Å²) in [6.45, 7) is 9.53. The zero-order valence-electron chi connectivity index (χ0n) is 23.4. The lowest BCUT2D eigenvalue weighted by atomic mass is 10.0. The highest BCUT2D eigenvalue weighted by Crippen LogP contribution is 2.38. The Bertz CT molecular complexity index is 1610. The van der Waals surface area contributed by atoms with Crippen molar-refractivity contribution in [3.63, 3.8) is 0 Å². The average Bonchev–Trinajstić information content (AvgIpc) is 3.56. The monoisotopic (exact) mass is 562 g/mol. The number of amides is 2. The molecule has 0 spiro atoms. The molecule has 1 aliphatic heterocycles. The Morgan fingerprint density at radius 2 is 1.98 bits per heavy atom. The van der Waals surface area contributed by atoms with Crippen molar-refractivity contribution in [3.05, 3.63) is 52.9 Å². The van der Waals surface area contributed by atoms with Gasteiger partial charge in [-0.05, 0) is 83.6 Å². The van der Waals surface area contributed by atoms with Crippen molar-refractivity contribution in [2.45, 2.75) is 71.6 Å². The third kappa shape index (κ3) is 5.27. The summed E-state index contributed by atoms with van der Waals surface area (Å²) in [4.78, 5) is 31.9. The van der Waals surface area contributed by atoms with Crippen LogP contribution in [0.15, 0.2) is 36.7 Å². The number of likely N-dealkylation sites (tertiary alicyclic amines) is 1. The van der Waals surface area contributed by atoms with Gasteiger partial charge >= 0.3 is 6.09 Å². The molecule has 0 aromatic carbocycles. The predicted octanol–water partition coefficient (Wildman–Crippen LogP) is 5.85. The molecule has 1 aliphatic carbocycles. The minimum atomic E-state index is -0.570. The lowest BCUT2D eigenvalue weighted by Crippen LogP contribution is -2.50. The van der Waals surface area contributed by atoms with E-state index in [0.717, 1.165) is 52.8 Å². The Balaban J connectivity index is 1.27. The summed E-state index contributed by atoms with van der Waals surface area (Å²) >= 11 is 6.55. The molecule has 2 fully saturated rings. The third-order valence-electron chi connectivity index (χ3n) is 7.70. The molecule has 2 amide bonds. The summed E-state index contributed by atoms with van der Waals surface area (Å²) in [5.41, 5.74) is 4.81. The Morgan fingerprint density at radius 3 is 2.73 bits per heavy atom. The van der Waals surface area contributed by atoms with E-state index < -0.39 is 11.7 Å². The SMILES string of the molecule is Cc1c(-c2cc3ccnc(Cl)c3n2CC2CC2)nn2cc(C(=O)N3CCCC(NC(=O)OC(C)(C)C)C3)ccc12. The van der Waals surface area contributed by atoms with E-state index in [1.54, 1.807) is 15.6 Å². The molecule has 0 bridgehead atoms. The molecule has 1 saturated heterocycles.